The number of aromatic nitrogens is 3. The summed E-state index contributed by atoms with van der Waals surface area (Å²) >= 11 is 1.33. The van der Waals surface area contributed by atoms with Gasteiger partial charge >= 0.3 is 0 Å². The summed E-state index contributed by atoms with van der Waals surface area (Å²) in [4.78, 5) is 16.4. The zero-order chi connectivity index (χ0) is 13.3. The van der Waals surface area contributed by atoms with E-state index in [-0.39, 0.29) is 11.5 Å². The molecule has 0 saturated carbocycles. The van der Waals surface area contributed by atoms with Crippen molar-refractivity contribution in [3.05, 3.63) is 27.5 Å². The number of nitrogens with zero attached hydrogens (tertiary/aromatic N) is 3. The SMILES string of the molecule is CCn1nc(C(C)C)cc(-c2csc(N)n2)c1=O. The summed E-state index contributed by atoms with van der Waals surface area (Å²) in [7, 11) is 0. The third-order valence-electron chi connectivity index (χ3n) is 2.68. The van der Waals surface area contributed by atoms with Crippen LogP contribution in [0.1, 0.15) is 32.4 Å². The van der Waals surface area contributed by atoms with Crippen LogP contribution in [0.15, 0.2) is 16.2 Å². The molecule has 0 fully saturated rings. The first-order chi connectivity index (χ1) is 8.52. The topological polar surface area (TPSA) is 73.8 Å². The summed E-state index contributed by atoms with van der Waals surface area (Å²) in [6, 6.07) is 1.81. The molecule has 0 saturated heterocycles. The highest BCUT2D eigenvalue weighted by Crippen LogP contribution is 2.22. The molecule has 0 spiro atoms. The van der Waals surface area contributed by atoms with Crippen LogP contribution in [0.5, 0.6) is 0 Å². The summed E-state index contributed by atoms with van der Waals surface area (Å²) in [5, 5.41) is 6.60. The van der Waals surface area contributed by atoms with Gasteiger partial charge in [-0.15, -0.1) is 11.3 Å². The standard InChI is InChI=1S/C12H16N4OS/c1-4-16-11(17)8(5-9(15-16)7(2)3)10-6-18-12(13)14-10/h5-7H,4H2,1-3H3,(H2,13,14). The molecule has 0 aliphatic rings. The van der Waals surface area contributed by atoms with E-state index in [1.807, 2.05) is 26.8 Å². The van der Waals surface area contributed by atoms with Crippen LogP contribution < -0.4 is 11.3 Å². The molecule has 0 aromatic carbocycles. The van der Waals surface area contributed by atoms with Crippen molar-refractivity contribution >= 4 is 16.5 Å². The van der Waals surface area contributed by atoms with Gasteiger partial charge in [-0.25, -0.2) is 9.67 Å². The van der Waals surface area contributed by atoms with Gasteiger partial charge in [0.15, 0.2) is 5.13 Å². The second-order valence-electron chi connectivity index (χ2n) is 4.33. The number of anilines is 1. The lowest BCUT2D eigenvalue weighted by atomic mass is 10.1. The van der Waals surface area contributed by atoms with Gasteiger partial charge in [-0.1, -0.05) is 13.8 Å². The third kappa shape index (κ3) is 2.28. The predicted octanol–water partition coefficient (Wildman–Crippen LogP) is 2.09. The maximum atomic E-state index is 12.2. The molecule has 2 heterocycles. The molecule has 2 aromatic rings. The minimum Gasteiger partial charge on any atom is -0.375 e. The Balaban J connectivity index is 2.65. The molecule has 5 nitrogen and oxygen atoms in total. The van der Waals surface area contributed by atoms with E-state index >= 15 is 0 Å². The monoisotopic (exact) mass is 264 g/mol. The second kappa shape index (κ2) is 4.89. The van der Waals surface area contributed by atoms with Crippen LogP contribution in [-0.4, -0.2) is 14.8 Å². The molecule has 0 bridgehead atoms. The lowest BCUT2D eigenvalue weighted by Gasteiger charge is -2.10. The zero-order valence-electron chi connectivity index (χ0n) is 10.7. The van der Waals surface area contributed by atoms with Crippen LogP contribution in [0, 0.1) is 0 Å². The molecule has 0 unspecified atom stereocenters. The Morgan fingerprint density at radius 2 is 2.22 bits per heavy atom. The van der Waals surface area contributed by atoms with Gasteiger partial charge in [0.05, 0.1) is 17.0 Å². The summed E-state index contributed by atoms with van der Waals surface area (Å²) in [6.07, 6.45) is 0. The van der Waals surface area contributed by atoms with Crippen LogP contribution in [0.4, 0.5) is 5.13 Å². The summed E-state index contributed by atoms with van der Waals surface area (Å²) in [5.74, 6) is 0.262. The van der Waals surface area contributed by atoms with Crippen molar-refractivity contribution < 1.29 is 0 Å². The molecule has 18 heavy (non-hydrogen) atoms. The molecule has 2 rings (SSSR count). The second-order valence-corrected chi connectivity index (χ2v) is 5.22. The van der Waals surface area contributed by atoms with E-state index in [4.69, 9.17) is 5.73 Å². The van der Waals surface area contributed by atoms with Crippen molar-refractivity contribution in [2.75, 3.05) is 5.73 Å². The number of rotatable bonds is 3. The fourth-order valence-corrected chi connectivity index (χ4v) is 2.22. The third-order valence-corrected chi connectivity index (χ3v) is 3.36. The van der Waals surface area contributed by atoms with E-state index in [0.717, 1.165) is 5.69 Å². The molecule has 2 N–H and O–H groups in total. The summed E-state index contributed by atoms with van der Waals surface area (Å²) in [5.41, 5.74) is 7.59. The normalized spacial score (nSPS) is 11.1. The minimum atomic E-state index is -0.118. The highest BCUT2D eigenvalue weighted by molar-refractivity contribution is 7.13. The van der Waals surface area contributed by atoms with Crippen molar-refractivity contribution in [3.8, 4) is 11.3 Å². The lowest BCUT2D eigenvalue weighted by molar-refractivity contribution is 0.587. The van der Waals surface area contributed by atoms with Crippen molar-refractivity contribution in [1.29, 1.82) is 0 Å². The summed E-state index contributed by atoms with van der Waals surface area (Å²) in [6.45, 7) is 6.54. The Kier molecular flexibility index (Phi) is 3.47. The first kappa shape index (κ1) is 12.8. The molecule has 2 aromatic heterocycles. The van der Waals surface area contributed by atoms with Gasteiger partial charge in [0.2, 0.25) is 0 Å². The molecule has 0 amide bonds. The molecular formula is C12H16N4OS. The minimum absolute atomic E-state index is 0.118. The molecule has 0 aliphatic carbocycles. The van der Waals surface area contributed by atoms with Gasteiger partial charge < -0.3 is 5.73 Å². The van der Waals surface area contributed by atoms with Gasteiger partial charge in [0, 0.05) is 11.9 Å². The molecule has 0 atom stereocenters. The van der Waals surface area contributed by atoms with Gasteiger partial charge in [-0.3, -0.25) is 4.79 Å². The first-order valence-corrected chi connectivity index (χ1v) is 6.74. The largest absolute Gasteiger partial charge is 0.375 e. The van der Waals surface area contributed by atoms with E-state index in [2.05, 4.69) is 10.1 Å². The van der Waals surface area contributed by atoms with Gasteiger partial charge in [0.25, 0.3) is 5.56 Å². The average Bonchev–Trinajstić information content (AvgIpc) is 2.75. The lowest BCUT2D eigenvalue weighted by Crippen LogP contribution is -2.25. The van der Waals surface area contributed by atoms with Crippen LogP contribution in [-0.2, 0) is 6.54 Å². The Hall–Kier alpha value is -1.69. The fourth-order valence-electron chi connectivity index (χ4n) is 1.65. The molecule has 6 heteroatoms. The van der Waals surface area contributed by atoms with Crippen LogP contribution >= 0.6 is 11.3 Å². The quantitative estimate of drug-likeness (QED) is 0.921. The van der Waals surface area contributed by atoms with Crippen molar-refractivity contribution in [3.63, 3.8) is 0 Å². The number of nitrogen functional groups attached to an aromatic ring is 1. The first-order valence-electron chi connectivity index (χ1n) is 5.86. The Bertz CT molecular complexity index is 615. The number of nitrogens with two attached hydrogens (primary N) is 1. The number of thiazole rings is 1. The molecule has 0 radical (unpaired) electrons. The van der Waals surface area contributed by atoms with Crippen molar-refractivity contribution in [2.24, 2.45) is 0 Å². The Morgan fingerprint density at radius 1 is 1.50 bits per heavy atom. The van der Waals surface area contributed by atoms with E-state index < -0.39 is 0 Å². The Labute approximate surface area is 109 Å². The zero-order valence-corrected chi connectivity index (χ0v) is 11.5. The van der Waals surface area contributed by atoms with Gasteiger partial charge in [0.1, 0.15) is 0 Å². The van der Waals surface area contributed by atoms with E-state index in [1.54, 1.807) is 5.38 Å². The smallest absolute Gasteiger partial charge is 0.276 e. The maximum absolute atomic E-state index is 12.2. The van der Waals surface area contributed by atoms with Crippen molar-refractivity contribution in [1.82, 2.24) is 14.8 Å². The fraction of sp³-hybridized carbons (Fsp3) is 0.417. The highest BCUT2D eigenvalue weighted by atomic mass is 32.1. The highest BCUT2D eigenvalue weighted by Gasteiger charge is 2.13. The van der Waals surface area contributed by atoms with E-state index in [9.17, 15) is 4.79 Å². The van der Waals surface area contributed by atoms with Crippen molar-refractivity contribution in [2.45, 2.75) is 33.2 Å². The number of hydrogen-bond donors (Lipinski definition) is 1. The maximum Gasteiger partial charge on any atom is 0.276 e. The van der Waals surface area contributed by atoms with Crippen LogP contribution in [0.2, 0.25) is 0 Å². The number of aryl methyl sites for hydroxylation is 1. The molecular weight excluding hydrogens is 248 g/mol. The molecule has 0 aliphatic heterocycles. The number of hydrogen-bond acceptors (Lipinski definition) is 5. The predicted molar refractivity (Wildman–Crippen MR) is 73.8 cm³/mol. The van der Waals surface area contributed by atoms with E-state index in [1.165, 1.54) is 16.0 Å². The summed E-state index contributed by atoms with van der Waals surface area (Å²) < 4.78 is 1.47. The van der Waals surface area contributed by atoms with Crippen LogP contribution in [0.25, 0.3) is 11.3 Å². The van der Waals surface area contributed by atoms with E-state index in [0.29, 0.717) is 22.9 Å². The van der Waals surface area contributed by atoms with Crippen LogP contribution in [0.3, 0.4) is 0 Å². The van der Waals surface area contributed by atoms with Gasteiger partial charge in [-0.2, -0.15) is 5.10 Å². The Morgan fingerprint density at radius 3 is 2.72 bits per heavy atom. The van der Waals surface area contributed by atoms with Gasteiger partial charge in [-0.05, 0) is 18.9 Å². The average molecular weight is 264 g/mol. The molecule has 96 valence electrons.